The zero-order valence-electron chi connectivity index (χ0n) is 22.8. The van der Waals surface area contributed by atoms with Crippen LogP contribution in [-0.4, -0.2) is 34.6 Å². The van der Waals surface area contributed by atoms with Gasteiger partial charge in [-0.05, 0) is 50.8 Å². The van der Waals surface area contributed by atoms with Crippen LogP contribution in [0.15, 0.2) is 72.8 Å². The molecule has 0 heterocycles. The Hall–Kier alpha value is -3.05. The molecule has 3 aromatic rings. The highest BCUT2D eigenvalue weighted by Crippen LogP contribution is 2.20. The average molecular weight is 517 g/mol. The quantitative estimate of drug-likeness (QED) is 0.303. The number of carbonyl (C=O) groups excluding carboxylic acids is 2. The molecule has 0 aliphatic heterocycles. The summed E-state index contributed by atoms with van der Waals surface area (Å²) in [7, 11) is 0. The smallest absolute Gasteiger partial charge is 0.243 e. The number of nitrogens with one attached hydrogen (secondary N) is 1. The topological polar surface area (TPSA) is 49.4 Å². The number of aryl methyl sites for hydroxylation is 3. The molecule has 0 radical (unpaired) electrons. The standard InChI is InChI=1S/C32H40N2O2S/c1-6-26(5)33-32(36)30(19-27-10-8-7-9-11-27)34(20-28-14-12-23(2)13-15-28)31(35)22-37-21-29-17-24(3)16-25(4)18-29/h7-18,26,30H,6,19-22H2,1-5H3,(H,33,36)/t26-,30+/m0/s1. The molecule has 37 heavy (non-hydrogen) atoms. The number of amides is 2. The first-order valence-electron chi connectivity index (χ1n) is 13.1. The first-order valence-corrected chi connectivity index (χ1v) is 14.2. The second-order valence-electron chi connectivity index (χ2n) is 10.0. The van der Waals surface area contributed by atoms with Crippen molar-refractivity contribution in [3.63, 3.8) is 0 Å². The molecule has 0 saturated carbocycles. The fourth-order valence-corrected chi connectivity index (χ4v) is 5.22. The Kier molecular flexibility index (Phi) is 10.8. The van der Waals surface area contributed by atoms with Crippen LogP contribution in [0, 0.1) is 20.8 Å². The first kappa shape index (κ1) is 28.5. The second kappa shape index (κ2) is 14.0. The van der Waals surface area contributed by atoms with E-state index in [9.17, 15) is 9.59 Å². The summed E-state index contributed by atoms with van der Waals surface area (Å²) >= 11 is 1.60. The number of hydrogen-bond donors (Lipinski definition) is 1. The maximum Gasteiger partial charge on any atom is 0.243 e. The molecule has 196 valence electrons. The van der Waals surface area contributed by atoms with Crippen LogP contribution in [0.5, 0.6) is 0 Å². The van der Waals surface area contributed by atoms with Gasteiger partial charge in [-0.2, -0.15) is 0 Å². The minimum absolute atomic E-state index is 0.0183. The van der Waals surface area contributed by atoms with Crippen LogP contribution in [0.25, 0.3) is 0 Å². The summed E-state index contributed by atoms with van der Waals surface area (Å²) in [6, 6.07) is 24.1. The first-order chi connectivity index (χ1) is 17.7. The van der Waals surface area contributed by atoms with Crippen LogP contribution in [0.2, 0.25) is 0 Å². The molecule has 0 fully saturated rings. The molecular weight excluding hydrogens is 476 g/mol. The molecule has 4 nitrogen and oxygen atoms in total. The largest absolute Gasteiger partial charge is 0.352 e. The number of carbonyl (C=O) groups is 2. The third kappa shape index (κ3) is 9.08. The third-order valence-corrected chi connectivity index (χ3v) is 7.51. The van der Waals surface area contributed by atoms with E-state index in [-0.39, 0.29) is 17.9 Å². The summed E-state index contributed by atoms with van der Waals surface area (Å²) in [6.07, 6.45) is 1.31. The van der Waals surface area contributed by atoms with E-state index < -0.39 is 6.04 Å². The van der Waals surface area contributed by atoms with Crippen LogP contribution < -0.4 is 5.32 Å². The van der Waals surface area contributed by atoms with Crippen molar-refractivity contribution in [1.82, 2.24) is 10.2 Å². The number of thioether (sulfide) groups is 1. The minimum Gasteiger partial charge on any atom is -0.352 e. The van der Waals surface area contributed by atoms with Gasteiger partial charge in [0.05, 0.1) is 5.75 Å². The highest BCUT2D eigenvalue weighted by Gasteiger charge is 2.30. The van der Waals surface area contributed by atoms with Crippen molar-refractivity contribution in [3.8, 4) is 0 Å². The zero-order chi connectivity index (χ0) is 26.8. The Morgan fingerprint density at radius 2 is 1.49 bits per heavy atom. The second-order valence-corrected chi connectivity index (χ2v) is 11.0. The van der Waals surface area contributed by atoms with E-state index in [0.29, 0.717) is 18.7 Å². The van der Waals surface area contributed by atoms with Gasteiger partial charge in [0, 0.05) is 24.8 Å². The van der Waals surface area contributed by atoms with Crippen molar-refractivity contribution in [2.75, 3.05) is 5.75 Å². The van der Waals surface area contributed by atoms with Crippen molar-refractivity contribution in [2.45, 2.75) is 71.8 Å². The number of nitrogens with zero attached hydrogens (tertiary/aromatic N) is 1. The van der Waals surface area contributed by atoms with Gasteiger partial charge < -0.3 is 10.2 Å². The maximum atomic E-state index is 13.8. The van der Waals surface area contributed by atoms with Gasteiger partial charge in [0.1, 0.15) is 6.04 Å². The van der Waals surface area contributed by atoms with E-state index in [1.807, 2.05) is 56.3 Å². The Morgan fingerprint density at radius 3 is 2.11 bits per heavy atom. The molecule has 0 aromatic heterocycles. The van der Waals surface area contributed by atoms with Crippen LogP contribution >= 0.6 is 11.8 Å². The molecule has 2 atom stereocenters. The Labute approximate surface area is 226 Å². The van der Waals surface area contributed by atoms with Crippen LogP contribution in [0.4, 0.5) is 0 Å². The lowest BCUT2D eigenvalue weighted by Crippen LogP contribution is -2.52. The monoisotopic (exact) mass is 516 g/mol. The molecule has 0 aliphatic carbocycles. The molecule has 3 rings (SSSR count). The predicted molar refractivity (Wildman–Crippen MR) is 156 cm³/mol. The van der Waals surface area contributed by atoms with E-state index in [1.165, 1.54) is 22.3 Å². The molecular formula is C32H40N2O2S. The summed E-state index contributed by atoms with van der Waals surface area (Å²) in [5, 5.41) is 3.13. The summed E-state index contributed by atoms with van der Waals surface area (Å²) in [4.78, 5) is 29.1. The van der Waals surface area contributed by atoms with Gasteiger partial charge in [-0.25, -0.2) is 0 Å². The zero-order valence-corrected chi connectivity index (χ0v) is 23.6. The summed E-state index contributed by atoms with van der Waals surface area (Å²) in [5.41, 5.74) is 6.90. The number of benzene rings is 3. The van der Waals surface area contributed by atoms with Gasteiger partial charge in [0.15, 0.2) is 0 Å². The van der Waals surface area contributed by atoms with Crippen molar-refractivity contribution < 1.29 is 9.59 Å². The fourth-order valence-electron chi connectivity index (χ4n) is 4.38. The number of rotatable bonds is 12. The van der Waals surface area contributed by atoms with Crippen molar-refractivity contribution in [3.05, 3.63) is 106 Å². The molecule has 0 aliphatic rings. The lowest BCUT2D eigenvalue weighted by atomic mass is 10.0. The van der Waals surface area contributed by atoms with Gasteiger partial charge in [-0.15, -0.1) is 11.8 Å². The summed E-state index contributed by atoms with van der Waals surface area (Å²) in [6.45, 7) is 10.7. The van der Waals surface area contributed by atoms with E-state index in [2.05, 4.69) is 56.4 Å². The van der Waals surface area contributed by atoms with Crippen molar-refractivity contribution in [2.24, 2.45) is 0 Å². The highest BCUT2D eigenvalue weighted by atomic mass is 32.2. The summed E-state index contributed by atoms with van der Waals surface area (Å²) < 4.78 is 0. The Balaban J connectivity index is 1.85. The lowest BCUT2D eigenvalue weighted by molar-refractivity contribution is -0.139. The molecule has 3 aromatic carbocycles. The van der Waals surface area contributed by atoms with Crippen LogP contribution in [0.3, 0.4) is 0 Å². The predicted octanol–water partition coefficient (Wildman–Crippen LogP) is 6.40. The van der Waals surface area contributed by atoms with Crippen LogP contribution in [-0.2, 0) is 28.3 Å². The van der Waals surface area contributed by atoms with Crippen molar-refractivity contribution in [1.29, 1.82) is 0 Å². The molecule has 2 amide bonds. The molecule has 0 unspecified atom stereocenters. The Bertz CT molecular complexity index is 1140. The minimum atomic E-state index is -0.591. The van der Waals surface area contributed by atoms with Crippen molar-refractivity contribution >= 4 is 23.6 Å². The molecule has 5 heteroatoms. The van der Waals surface area contributed by atoms with E-state index in [0.717, 1.165) is 23.3 Å². The fraction of sp³-hybridized carbons (Fsp3) is 0.375. The SMILES string of the molecule is CC[C@H](C)NC(=O)[C@@H](Cc1ccccc1)N(Cc1ccc(C)cc1)C(=O)CSCc1cc(C)cc(C)c1. The van der Waals surface area contributed by atoms with E-state index in [4.69, 9.17) is 0 Å². The molecule has 0 bridgehead atoms. The van der Waals surface area contributed by atoms with Gasteiger partial charge in [-0.1, -0.05) is 96.4 Å². The van der Waals surface area contributed by atoms with Gasteiger partial charge in [0.2, 0.25) is 11.8 Å². The Morgan fingerprint density at radius 1 is 0.838 bits per heavy atom. The van der Waals surface area contributed by atoms with Crippen LogP contribution in [0.1, 0.15) is 53.6 Å². The van der Waals surface area contributed by atoms with Gasteiger partial charge in [-0.3, -0.25) is 9.59 Å². The normalized spacial score (nSPS) is 12.6. The van der Waals surface area contributed by atoms with E-state index in [1.54, 1.807) is 16.7 Å². The van der Waals surface area contributed by atoms with Gasteiger partial charge >= 0.3 is 0 Å². The lowest BCUT2D eigenvalue weighted by Gasteiger charge is -2.32. The number of hydrogen-bond acceptors (Lipinski definition) is 3. The highest BCUT2D eigenvalue weighted by molar-refractivity contribution is 7.99. The molecule has 1 N–H and O–H groups in total. The summed E-state index contributed by atoms with van der Waals surface area (Å²) in [5.74, 6) is 0.962. The van der Waals surface area contributed by atoms with Gasteiger partial charge in [0.25, 0.3) is 0 Å². The maximum absolute atomic E-state index is 13.8. The molecule has 0 spiro atoms. The average Bonchev–Trinajstić information content (AvgIpc) is 2.87. The third-order valence-electron chi connectivity index (χ3n) is 6.52. The molecule has 0 saturated heterocycles. The van der Waals surface area contributed by atoms with E-state index >= 15 is 0 Å².